The summed E-state index contributed by atoms with van der Waals surface area (Å²) in [5, 5.41) is 8.63. The predicted molar refractivity (Wildman–Crippen MR) is 66.0 cm³/mol. The number of aliphatic carboxylic acids is 1. The van der Waals surface area contributed by atoms with Crippen molar-refractivity contribution in [2.45, 2.75) is 42.6 Å². The van der Waals surface area contributed by atoms with Gasteiger partial charge in [0.1, 0.15) is 5.25 Å². The van der Waals surface area contributed by atoms with Gasteiger partial charge in [-0.05, 0) is 18.6 Å². The van der Waals surface area contributed by atoms with Crippen LogP contribution >= 0.6 is 11.8 Å². The van der Waals surface area contributed by atoms with Gasteiger partial charge in [-0.3, -0.25) is 4.79 Å². The maximum absolute atomic E-state index is 12.3. The van der Waals surface area contributed by atoms with Gasteiger partial charge >= 0.3 is 12.1 Å². The maximum Gasteiger partial charge on any atom is 0.417 e. The number of hydrogen-bond acceptors (Lipinski definition) is 3. The Bertz CT molecular complexity index is 420. The molecule has 0 radical (unpaired) electrons. The highest BCUT2D eigenvalue weighted by atomic mass is 32.2. The predicted octanol–water partition coefficient (Wildman–Crippen LogP) is 3.84. The molecule has 1 aromatic heterocycles. The summed E-state index contributed by atoms with van der Waals surface area (Å²) in [6.07, 6.45) is -1.61. The van der Waals surface area contributed by atoms with Gasteiger partial charge in [0.05, 0.1) is 10.6 Å². The van der Waals surface area contributed by atoms with Crippen LogP contribution in [-0.4, -0.2) is 21.3 Å². The molecule has 0 aliphatic rings. The second-order valence-corrected chi connectivity index (χ2v) is 5.19. The Morgan fingerprint density at radius 3 is 2.58 bits per heavy atom. The molecule has 0 amide bonds. The van der Waals surface area contributed by atoms with Gasteiger partial charge in [-0.1, -0.05) is 31.5 Å². The lowest BCUT2D eigenvalue weighted by Gasteiger charge is -2.11. The Labute approximate surface area is 113 Å². The molecule has 7 heteroatoms. The molecular weight excluding hydrogens is 279 g/mol. The van der Waals surface area contributed by atoms with Crippen LogP contribution in [0.5, 0.6) is 0 Å². The molecule has 106 valence electrons. The third-order valence-electron chi connectivity index (χ3n) is 2.42. The Kier molecular flexibility index (Phi) is 5.65. The van der Waals surface area contributed by atoms with E-state index < -0.39 is 23.0 Å². The summed E-state index contributed by atoms with van der Waals surface area (Å²) in [6.45, 7) is 1.94. The number of nitrogens with zero attached hydrogens (tertiary/aromatic N) is 1. The van der Waals surface area contributed by atoms with Crippen LogP contribution in [0.3, 0.4) is 0 Å². The van der Waals surface area contributed by atoms with Crippen LogP contribution in [0, 0.1) is 0 Å². The largest absolute Gasteiger partial charge is 0.480 e. The van der Waals surface area contributed by atoms with Gasteiger partial charge in [0.15, 0.2) is 0 Å². The number of carboxylic acids is 1. The number of unbranched alkanes of at least 4 members (excludes halogenated alkanes) is 1. The molecule has 0 aromatic carbocycles. The lowest BCUT2D eigenvalue weighted by atomic mass is 10.2. The standard InChI is InChI=1S/C12H14F3NO2S/c1-2-3-4-9(11(17)18)19-10-6-5-8(7-16-10)12(13,14)15/h5-7,9H,2-4H2,1H3,(H,17,18). The molecule has 0 spiro atoms. The third-order valence-corrected chi connectivity index (χ3v) is 3.63. The van der Waals surface area contributed by atoms with Crippen molar-refractivity contribution in [1.82, 2.24) is 4.98 Å². The number of carboxylic acid groups (broad SMARTS) is 1. The molecule has 0 saturated heterocycles. The molecule has 0 aliphatic carbocycles. The first-order valence-electron chi connectivity index (χ1n) is 5.77. The lowest BCUT2D eigenvalue weighted by Crippen LogP contribution is -2.16. The van der Waals surface area contributed by atoms with E-state index in [1.54, 1.807) is 0 Å². The monoisotopic (exact) mass is 293 g/mol. The molecule has 19 heavy (non-hydrogen) atoms. The molecule has 0 fully saturated rings. The minimum atomic E-state index is -4.43. The minimum absolute atomic E-state index is 0.288. The Morgan fingerprint density at radius 2 is 2.16 bits per heavy atom. The summed E-state index contributed by atoms with van der Waals surface area (Å²) in [7, 11) is 0. The van der Waals surface area contributed by atoms with Crippen molar-refractivity contribution in [2.24, 2.45) is 0 Å². The van der Waals surface area contributed by atoms with Crippen molar-refractivity contribution in [3.63, 3.8) is 0 Å². The van der Waals surface area contributed by atoms with Crippen molar-refractivity contribution >= 4 is 17.7 Å². The van der Waals surface area contributed by atoms with Gasteiger partial charge in [-0.2, -0.15) is 13.2 Å². The van der Waals surface area contributed by atoms with Crippen molar-refractivity contribution in [3.8, 4) is 0 Å². The van der Waals surface area contributed by atoms with Gasteiger partial charge in [0.25, 0.3) is 0 Å². The number of rotatable bonds is 6. The number of alkyl halides is 3. The Morgan fingerprint density at radius 1 is 1.47 bits per heavy atom. The SMILES string of the molecule is CCCCC(Sc1ccc(C(F)(F)F)cn1)C(=O)O. The quantitative estimate of drug-likeness (QED) is 0.810. The molecule has 1 heterocycles. The number of thioether (sulfide) groups is 1. The lowest BCUT2D eigenvalue weighted by molar-refractivity contribution is -0.138. The zero-order valence-corrected chi connectivity index (χ0v) is 11.1. The van der Waals surface area contributed by atoms with E-state index in [2.05, 4.69) is 4.98 Å². The fourth-order valence-corrected chi connectivity index (χ4v) is 2.32. The van der Waals surface area contributed by atoms with E-state index in [4.69, 9.17) is 5.11 Å². The van der Waals surface area contributed by atoms with Gasteiger partial charge in [0.2, 0.25) is 0 Å². The highest BCUT2D eigenvalue weighted by molar-refractivity contribution is 8.00. The van der Waals surface area contributed by atoms with E-state index in [0.717, 1.165) is 36.9 Å². The second kappa shape index (κ2) is 6.79. The minimum Gasteiger partial charge on any atom is -0.480 e. The molecule has 0 saturated carbocycles. The highest BCUT2D eigenvalue weighted by Crippen LogP contribution is 2.31. The molecule has 1 aromatic rings. The zero-order valence-electron chi connectivity index (χ0n) is 10.3. The van der Waals surface area contributed by atoms with Crippen molar-refractivity contribution in [1.29, 1.82) is 0 Å². The topological polar surface area (TPSA) is 50.2 Å². The first kappa shape index (κ1) is 15.8. The average molecular weight is 293 g/mol. The fourth-order valence-electron chi connectivity index (χ4n) is 1.39. The molecule has 0 aliphatic heterocycles. The van der Waals surface area contributed by atoms with E-state index in [0.29, 0.717) is 6.42 Å². The molecule has 3 nitrogen and oxygen atoms in total. The Balaban J connectivity index is 2.72. The van der Waals surface area contributed by atoms with Crippen LogP contribution in [0.15, 0.2) is 23.4 Å². The van der Waals surface area contributed by atoms with E-state index in [-0.39, 0.29) is 5.03 Å². The smallest absolute Gasteiger partial charge is 0.417 e. The molecule has 1 rings (SSSR count). The first-order chi connectivity index (χ1) is 8.84. The maximum atomic E-state index is 12.3. The number of carbonyl (C=O) groups is 1. The fraction of sp³-hybridized carbons (Fsp3) is 0.500. The summed E-state index contributed by atoms with van der Waals surface area (Å²) in [5.41, 5.74) is -0.836. The van der Waals surface area contributed by atoms with Gasteiger partial charge < -0.3 is 5.11 Å². The number of aromatic nitrogens is 1. The van der Waals surface area contributed by atoms with Gasteiger partial charge in [-0.25, -0.2) is 4.98 Å². The summed E-state index contributed by atoms with van der Waals surface area (Å²) in [6, 6.07) is 2.11. The van der Waals surface area contributed by atoms with E-state index >= 15 is 0 Å². The van der Waals surface area contributed by atoms with Crippen LogP contribution in [0.25, 0.3) is 0 Å². The van der Waals surface area contributed by atoms with Crippen molar-refractivity contribution in [2.75, 3.05) is 0 Å². The summed E-state index contributed by atoms with van der Waals surface area (Å²) < 4.78 is 37.0. The number of pyridine rings is 1. The first-order valence-corrected chi connectivity index (χ1v) is 6.65. The van der Waals surface area contributed by atoms with Gasteiger partial charge in [0, 0.05) is 6.20 Å². The van der Waals surface area contributed by atoms with E-state index in [1.807, 2.05) is 6.92 Å². The molecule has 1 N–H and O–H groups in total. The van der Waals surface area contributed by atoms with Crippen LogP contribution in [0.1, 0.15) is 31.7 Å². The molecule has 1 atom stereocenters. The van der Waals surface area contributed by atoms with Crippen LogP contribution in [-0.2, 0) is 11.0 Å². The molecule has 0 bridgehead atoms. The van der Waals surface area contributed by atoms with Gasteiger partial charge in [-0.15, -0.1) is 0 Å². The van der Waals surface area contributed by atoms with Crippen molar-refractivity contribution < 1.29 is 23.1 Å². The summed E-state index contributed by atoms with van der Waals surface area (Å²) in [5.74, 6) is -0.972. The Hall–Kier alpha value is -1.24. The van der Waals surface area contributed by atoms with Crippen molar-refractivity contribution in [3.05, 3.63) is 23.9 Å². The van der Waals surface area contributed by atoms with Crippen LogP contribution < -0.4 is 0 Å². The molecule has 1 unspecified atom stereocenters. The van der Waals surface area contributed by atoms with E-state index in [1.165, 1.54) is 6.07 Å². The average Bonchev–Trinajstić information content (AvgIpc) is 2.33. The third kappa shape index (κ3) is 5.10. The normalized spacial score (nSPS) is 13.3. The van der Waals surface area contributed by atoms with E-state index in [9.17, 15) is 18.0 Å². The summed E-state index contributed by atoms with van der Waals surface area (Å²) in [4.78, 5) is 14.7. The summed E-state index contributed by atoms with van der Waals surface area (Å²) >= 11 is 0.978. The second-order valence-electron chi connectivity index (χ2n) is 3.97. The van der Waals surface area contributed by atoms with Crippen LogP contribution in [0.2, 0.25) is 0 Å². The number of halogens is 3. The number of hydrogen-bond donors (Lipinski definition) is 1. The molecular formula is C12H14F3NO2S. The van der Waals surface area contributed by atoms with Crippen LogP contribution in [0.4, 0.5) is 13.2 Å². The highest BCUT2D eigenvalue weighted by Gasteiger charge is 2.30. The zero-order chi connectivity index (χ0) is 14.5.